The van der Waals surface area contributed by atoms with Gasteiger partial charge in [0.15, 0.2) is 5.70 Å². The molecule has 20 heavy (non-hydrogen) atoms. The number of aliphatic imine (C=N–C) groups is 1. The molecule has 104 valence electrons. The van der Waals surface area contributed by atoms with Crippen molar-refractivity contribution < 1.29 is 14.6 Å². The molecule has 0 amide bonds. The SMILES string of the molecule is O=C1OC(c2ccccc2)=N/C1=C(/O)C1CCCCC1. The van der Waals surface area contributed by atoms with Crippen molar-refractivity contribution in [1.82, 2.24) is 0 Å². The molecule has 0 bridgehead atoms. The minimum Gasteiger partial charge on any atom is -0.509 e. The van der Waals surface area contributed by atoms with Crippen molar-refractivity contribution >= 4 is 11.9 Å². The second kappa shape index (κ2) is 5.49. The van der Waals surface area contributed by atoms with Gasteiger partial charge in [-0.05, 0) is 25.0 Å². The molecular formula is C16H17NO3. The van der Waals surface area contributed by atoms with Crippen LogP contribution in [0.15, 0.2) is 46.8 Å². The fourth-order valence-corrected chi connectivity index (χ4v) is 2.74. The van der Waals surface area contributed by atoms with Crippen LogP contribution < -0.4 is 0 Å². The molecule has 4 nitrogen and oxygen atoms in total. The number of aliphatic hydroxyl groups excluding tert-OH is 1. The highest BCUT2D eigenvalue weighted by atomic mass is 16.6. The molecule has 0 aromatic heterocycles. The molecule has 1 saturated carbocycles. The van der Waals surface area contributed by atoms with Gasteiger partial charge in [0.05, 0.1) is 0 Å². The summed E-state index contributed by atoms with van der Waals surface area (Å²) in [6, 6.07) is 9.25. The van der Waals surface area contributed by atoms with Gasteiger partial charge in [-0.1, -0.05) is 37.5 Å². The molecule has 1 aliphatic heterocycles. The Morgan fingerprint density at radius 3 is 2.55 bits per heavy atom. The molecule has 1 aromatic rings. The van der Waals surface area contributed by atoms with E-state index in [9.17, 15) is 9.90 Å². The van der Waals surface area contributed by atoms with E-state index < -0.39 is 5.97 Å². The third kappa shape index (κ3) is 2.46. The quantitative estimate of drug-likeness (QED) is 0.510. The van der Waals surface area contributed by atoms with Gasteiger partial charge >= 0.3 is 5.97 Å². The van der Waals surface area contributed by atoms with Crippen molar-refractivity contribution in [3.05, 3.63) is 47.4 Å². The number of cyclic esters (lactones) is 1. The summed E-state index contributed by atoms with van der Waals surface area (Å²) in [6.07, 6.45) is 5.21. The van der Waals surface area contributed by atoms with Crippen LogP contribution in [0.4, 0.5) is 0 Å². The van der Waals surface area contributed by atoms with Crippen molar-refractivity contribution in [3.63, 3.8) is 0 Å². The number of nitrogens with zero attached hydrogens (tertiary/aromatic N) is 1. The van der Waals surface area contributed by atoms with Crippen LogP contribution in [-0.4, -0.2) is 17.0 Å². The van der Waals surface area contributed by atoms with E-state index in [1.54, 1.807) is 0 Å². The second-order valence-corrected chi connectivity index (χ2v) is 5.24. The van der Waals surface area contributed by atoms with E-state index in [2.05, 4.69) is 4.99 Å². The summed E-state index contributed by atoms with van der Waals surface area (Å²) in [4.78, 5) is 16.1. The molecule has 1 fully saturated rings. The van der Waals surface area contributed by atoms with E-state index in [-0.39, 0.29) is 23.3 Å². The average Bonchev–Trinajstić information content (AvgIpc) is 2.90. The summed E-state index contributed by atoms with van der Waals surface area (Å²) >= 11 is 0. The van der Waals surface area contributed by atoms with Gasteiger partial charge in [0.25, 0.3) is 0 Å². The topological polar surface area (TPSA) is 58.9 Å². The first-order valence-electron chi connectivity index (χ1n) is 7.05. The number of hydrogen-bond acceptors (Lipinski definition) is 4. The van der Waals surface area contributed by atoms with Gasteiger partial charge in [-0.25, -0.2) is 9.79 Å². The predicted octanol–water partition coefficient (Wildman–Crippen LogP) is 3.34. The van der Waals surface area contributed by atoms with Crippen molar-refractivity contribution in [2.45, 2.75) is 32.1 Å². The molecule has 0 saturated heterocycles. The molecular weight excluding hydrogens is 254 g/mol. The highest BCUT2D eigenvalue weighted by molar-refractivity contribution is 6.11. The van der Waals surface area contributed by atoms with Crippen LogP contribution in [-0.2, 0) is 9.53 Å². The predicted molar refractivity (Wildman–Crippen MR) is 75.3 cm³/mol. The molecule has 1 aromatic carbocycles. The van der Waals surface area contributed by atoms with Gasteiger partial charge in [-0.2, -0.15) is 0 Å². The lowest BCUT2D eigenvalue weighted by Crippen LogP contribution is -2.13. The number of esters is 1. The third-order valence-electron chi connectivity index (χ3n) is 3.85. The number of allylic oxidation sites excluding steroid dienone is 1. The van der Waals surface area contributed by atoms with Gasteiger partial charge in [-0.3, -0.25) is 0 Å². The Hall–Kier alpha value is -2.10. The number of aliphatic hydroxyl groups is 1. The fourth-order valence-electron chi connectivity index (χ4n) is 2.74. The minimum absolute atomic E-state index is 0.0465. The molecule has 0 unspecified atom stereocenters. The Morgan fingerprint density at radius 1 is 1.15 bits per heavy atom. The first-order valence-corrected chi connectivity index (χ1v) is 7.05. The van der Waals surface area contributed by atoms with Gasteiger partial charge < -0.3 is 9.84 Å². The third-order valence-corrected chi connectivity index (χ3v) is 3.85. The molecule has 1 heterocycles. The Kier molecular flexibility index (Phi) is 3.54. The highest BCUT2D eigenvalue weighted by Crippen LogP contribution is 2.32. The Morgan fingerprint density at radius 2 is 1.85 bits per heavy atom. The van der Waals surface area contributed by atoms with Gasteiger partial charge in [0.1, 0.15) is 5.76 Å². The van der Waals surface area contributed by atoms with Crippen LogP contribution in [0, 0.1) is 5.92 Å². The van der Waals surface area contributed by atoms with E-state index in [1.165, 1.54) is 6.42 Å². The Bertz CT molecular complexity index is 569. The van der Waals surface area contributed by atoms with Crippen LogP contribution in [0.1, 0.15) is 37.7 Å². The maximum Gasteiger partial charge on any atom is 0.367 e. The Balaban J connectivity index is 1.89. The summed E-state index contributed by atoms with van der Waals surface area (Å²) in [5.41, 5.74) is 0.822. The largest absolute Gasteiger partial charge is 0.509 e. The van der Waals surface area contributed by atoms with Crippen LogP contribution in [0.5, 0.6) is 0 Å². The summed E-state index contributed by atoms with van der Waals surface area (Å²) in [7, 11) is 0. The molecule has 2 aliphatic rings. The number of carbonyl (C=O) groups excluding carboxylic acids is 1. The van der Waals surface area contributed by atoms with E-state index in [0.717, 1.165) is 31.2 Å². The minimum atomic E-state index is -0.549. The zero-order valence-corrected chi connectivity index (χ0v) is 11.2. The normalized spacial score (nSPS) is 22.4. The maximum atomic E-state index is 11.9. The molecule has 0 spiro atoms. The summed E-state index contributed by atoms with van der Waals surface area (Å²) in [5, 5.41) is 10.3. The summed E-state index contributed by atoms with van der Waals surface area (Å²) < 4.78 is 5.17. The number of carbonyl (C=O) groups is 1. The number of benzene rings is 1. The van der Waals surface area contributed by atoms with Crippen LogP contribution in [0.3, 0.4) is 0 Å². The number of ether oxygens (including phenoxy) is 1. The zero-order valence-electron chi connectivity index (χ0n) is 11.2. The van der Waals surface area contributed by atoms with Crippen LogP contribution in [0.2, 0.25) is 0 Å². The van der Waals surface area contributed by atoms with E-state index in [4.69, 9.17) is 4.74 Å². The number of hydrogen-bond donors (Lipinski definition) is 1. The van der Waals surface area contributed by atoms with Crippen LogP contribution in [0.25, 0.3) is 0 Å². The van der Waals surface area contributed by atoms with E-state index >= 15 is 0 Å². The molecule has 4 heteroatoms. The highest BCUT2D eigenvalue weighted by Gasteiger charge is 2.31. The smallest absolute Gasteiger partial charge is 0.367 e. The van der Waals surface area contributed by atoms with Crippen molar-refractivity contribution in [1.29, 1.82) is 0 Å². The standard InChI is InChI=1S/C16H17NO3/c18-14(11-7-3-1-4-8-11)13-16(19)20-15(17-13)12-9-5-2-6-10-12/h2,5-6,9-11,18H,1,3-4,7-8H2/b14-13+. The lowest BCUT2D eigenvalue weighted by molar-refractivity contribution is -0.130. The lowest BCUT2D eigenvalue weighted by atomic mass is 9.87. The van der Waals surface area contributed by atoms with Crippen LogP contribution >= 0.6 is 0 Å². The monoisotopic (exact) mass is 271 g/mol. The summed E-state index contributed by atoms with van der Waals surface area (Å²) in [5.74, 6) is -0.134. The van der Waals surface area contributed by atoms with Crippen molar-refractivity contribution in [3.8, 4) is 0 Å². The van der Waals surface area contributed by atoms with Crippen molar-refractivity contribution in [2.24, 2.45) is 10.9 Å². The van der Waals surface area contributed by atoms with E-state index in [1.807, 2.05) is 30.3 Å². The molecule has 0 radical (unpaired) electrons. The van der Waals surface area contributed by atoms with Gasteiger partial charge in [0.2, 0.25) is 5.90 Å². The first-order chi connectivity index (χ1) is 9.75. The maximum absolute atomic E-state index is 11.9. The summed E-state index contributed by atoms with van der Waals surface area (Å²) in [6.45, 7) is 0. The molecule has 1 aliphatic carbocycles. The average molecular weight is 271 g/mol. The number of rotatable bonds is 2. The molecule has 1 N–H and O–H groups in total. The molecule has 3 rings (SSSR count). The van der Waals surface area contributed by atoms with Crippen molar-refractivity contribution in [2.75, 3.05) is 0 Å². The second-order valence-electron chi connectivity index (χ2n) is 5.24. The fraction of sp³-hybridized carbons (Fsp3) is 0.375. The Labute approximate surface area is 117 Å². The zero-order chi connectivity index (χ0) is 13.9. The van der Waals surface area contributed by atoms with Gasteiger partial charge in [0, 0.05) is 11.5 Å². The van der Waals surface area contributed by atoms with Gasteiger partial charge in [-0.15, -0.1) is 0 Å². The molecule has 0 atom stereocenters. The first kappa shape index (κ1) is 12.9. The lowest BCUT2D eigenvalue weighted by Gasteiger charge is -2.20. The van der Waals surface area contributed by atoms with E-state index in [0.29, 0.717) is 0 Å².